The van der Waals surface area contributed by atoms with Gasteiger partial charge in [0.1, 0.15) is 5.82 Å². The van der Waals surface area contributed by atoms with Gasteiger partial charge in [0.2, 0.25) is 0 Å². The van der Waals surface area contributed by atoms with Crippen LogP contribution in [0, 0.1) is 19.8 Å². The Morgan fingerprint density at radius 3 is 2.68 bits per heavy atom. The number of aliphatic carboxylic acids is 1. The van der Waals surface area contributed by atoms with Crippen LogP contribution in [-0.2, 0) is 4.79 Å². The molecule has 5 nitrogen and oxygen atoms in total. The number of nitrogens with one attached hydrogen (secondary N) is 1. The summed E-state index contributed by atoms with van der Waals surface area (Å²) in [6, 6.07) is 0.260. The quantitative estimate of drug-likeness (QED) is 0.793. The van der Waals surface area contributed by atoms with Crippen molar-refractivity contribution < 1.29 is 9.90 Å². The number of carboxylic acid groups (broad SMARTS) is 1. The van der Waals surface area contributed by atoms with Crippen molar-refractivity contribution in [2.75, 3.05) is 5.32 Å². The van der Waals surface area contributed by atoms with E-state index in [-0.39, 0.29) is 12.0 Å². The summed E-state index contributed by atoms with van der Waals surface area (Å²) >= 11 is 0. The van der Waals surface area contributed by atoms with Crippen LogP contribution in [-0.4, -0.2) is 27.1 Å². The lowest BCUT2D eigenvalue weighted by molar-refractivity contribution is -0.141. The molecular weight excluding hydrogens is 242 g/mol. The molecule has 0 spiro atoms. The van der Waals surface area contributed by atoms with Gasteiger partial charge in [0.05, 0.1) is 17.3 Å². The van der Waals surface area contributed by atoms with E-state index >= 15 is 0 Å². The Morgan fingerprint density at radius 1 is 1.37 bits per heavy atom. The second-order valence-electron chi connectivity index (χ2n) is 5.16. The maximum atomic E-state index is 10.7. The molecule has 2 N–H and O–H groups in total. The standard InChI is InChI=1S/C14H23N3O2/c1-9(14(18)19)6-5-7-10(2)16-13-12(4)15-8-11(3)17-13/h8-10H,5-7H2,1-4H3,(H,16,17)(H,18,19). The van der Waals surface area contributed by atoms with E-state index in [0.717, 1.165) is 30.0 Å². The SMILES string of the molecule is Cc1cnc(C)c(NC(C)CCCC(C)C(=O)O)n1. The van der Waals surface area contributed by atoms with E-state index in [1.807, 2.05) is 13.8 Å². The molecule has 0 fully saturated rings. The molecular formula is C14H23N3O2. The minimum Gasteiger partial charge on any atom is -0.481 e. The van der Waals surface area contributed by atoms with Gasteiger partial charge < -0.3 is 10.4 Å². The number of nitrogens with zero attached hydrogens (tertiary/aromatic N) is 2. The first-order chi connectivity index (χ1) is 8.90. The molecule has 106 valence electrons. The molecule has 1 rings (SSSR count). The minimum atomic E-state index is -0.721. The Kier molecular flexibility index (Phi) is 5.73. The van der Waals surface area contributed by atoms with Gasteiger partial charge in [0, 0.05) is 12.2 Å². The van der Waals surface area contributed by atoms with Crippen LogP contribution in [0.4, 0.5) is 5.82 Å². The highest BCUT2D eigenvalue weighted by Crippen LogP contribution is 2.14. The van der Waals surface area contributed by atoms with Gasteiger partial charge in [-0.2, -0.15) is 0 Å². The molecule has 19 heavy (non-hydrogen) atoms. The highest BCUT2D eigenvalue weighted by Gasteiger charge is 2.12. The number of anilines is 1. The molecule has 0 bridgehead atoms. The number of aromatic nitrogens is 2. The first-order valence-corrected chi connectivity index (χ1v) is 6.69. The summed E-state index contributed by atoms with van der Waals surface area (Å²) in [7, 11) is 0. The molecule has 0 saturated heterocycles. The molecule has 2 atom stereocenters. The van der Waals surface area contributed by atoms with Crippen molar-refractivity contribution in [1.82, 2.24) is 9.97 Å². The van der Waals surface area contributed by atoms with Crippen LogP contribution >= 0.6 is 0 Å². The lowest BCUT2D eigenvalue weighted by Crippen LogP contribution is -2.18. The molecule has 0 aliphatic carbocycles. The molecule has 0 radical (unpaired) electrons. The Hall–Kier alpha value is -1.65. The van der Waals surface area contributed by atoms with Crippen molar-refractivity contribution in [3.8, 4) is 0 Å². The number of hydrogen-bond acceptors (Lipinski definition) is 4. The summed E-state index contributed by atoms with van der Waals surface area (Å²) in [5.41, 5.74) is 1.77. The maximum absolute atomic E-state index is 10.7. The van der Waals surface area contributed by atoms with Gasteiger partial charge in [-0.25, -0.2) is 4.98 Å². The molecule has 2 unspecified atom stereocenters. The van der Waals surface area contributed by atoms with Crippen LogP contribution < -0.4 is 5.32 Å². The first kappa shape index (κ1) is 15.4. The number of hydrogen-bond donors (Lipinski definition) is 2. The fourth-order valence-corrected chi connectivity index (χ4v) is 1.83. The zero-order chi connectivity index (χ0) is 14.4. The lowest BCUT2D eigenvalue weighted by Gasteiger charge is -2.16. The van der Waals surface area contributed by atoms with Crippen LogP contribution in [0.2, 0.25) is 0 Å². The van der Waals surface area contributed by atoms with E-state index in [4.69, 9.17) is 5.11 Å². The van der Waals surface area contributed by atoms with Gasteiger partial charge in [-0.05, 0) is 33.6 Å². The van der Waals surface area contributed by atoms with E-state index in [1.54, 1.807) is 13.1 Å². The Bertz CT molecular complexity index is 435. The largest absolute Gasteiger partial charge is 0.481 e. The highest BCUT2D eigenvalue weighted by atomic mass is 16.4. The Balaban J connectivity index is 2.41. The summed E-state index contributed by atoms with van der Waals surface area (Å²) in [6.45, 7) is 7.66. The van der Waals surface area contributed by atoms with Crippen LogP contribution in [0.15, 0.2) is 6.20 Å². The van der Waals surface area contributed by atoms with E-state index in [9.17, 15) is 4.79 Å². The van der Waals surface area contributed by atoms with Gasteiger partial charge >= 0.3 is 5.97 Å². The average Bonchev–Trinajstić information content (AvgIpc) is 2.33. The predicted molar refractivity (Wildman–Crippen MR) is 75.2 cm³/mol. The molecule has 0 aliphatic rings. The molecule has 0 aliphatic heterocycles. The molecule has 5 heteroatoms. The topological polar surface area (TPSA) is 75.1 Å². The lowest BCUT2D eigenvalue weighted by atomic mass is 10.0. The molecule has 0 saturated carbocycles. The minimum absolute atomic E-state index is 0.260. The molecule has 0 aromatic carbocycles. The van der Waals surface area contributed by atoms with E-state index < -0.39 is 5.97 Å². The zero-order valence-electron chi connectivity index (χ0n) is 12.1. The molecule has 1 heterocycles. The van der Waals surface area contributed by atoms with Gasteiger partial charge in [0.25, 0.3) is 0 Å². The van der Waals surface area contributed by atoms with Crippen LogP contribution in [0.3, 0.4) is 0 Å². The van der Waals surface area contributed by atoms with Gasteiger partial charge in [0.15, 0.2) is 0 Å². The van der Waals surface area contributed by atoms with Gasteiger partial charge in [-0.15, -0.1) is 0 Å². The third-order valence-electron chi connectivity index (χ3n) is 3.15. The van der Waals surface area contributed by atoms with Crippen LogP contribution in [0.1, 0.15) is 44.5 Å². The summed E-state index contributed by atoms with van der Waals surface area (Å²) in [5.74, 6) is -0.174. The summed E-state index contributed by atoms with van der Waals surface area (Å²) in [5, 5.41) is 12.1. The fourth-order valence-electron chi connectivity index (χ4n) is 1.83. The van der Waals surface area contributed by atoms with Crippen molar-refractivity contribution in [2.45, 2.75) is 53.0 Å². The summed E-state index contributed by atoms with van der Waals surface area (Å²) in [4.78, 5) is 19.4. The molecule has 0 amide bonds. The summed E-state index contributed by atoms with van der Waals surface area (Å²) < 4.78 is 0. The van der Waals surface area contributed by atoms with Crippen molar-refractivity contribution in [1.29, 1.82) is 0 Å². The number of aryl methyl sites for hydroxylation is 2. The average molecular weight is 265 g/mol. The zero-order valence-corrected chi connectivity index (χ0v) is 12.1. The molecule has 1 aromatic rings. The van der Waals surface area contributed by atoms with Crippen molar-refractivity contribution in [3.63, 3.8) is 0 Å². The third kappa shape index (κ3) is 5.24. The Labute approximate surface area is 114 Å². The van der Waals surface area contributed by atoms with E-state index in [0.29, 0.717) is 6.42 Å². The van der Waals surface area contributed by atoms with Crippen molar-refractivity contribution in [3.05, 3.63) is 17.6 Å². The monoisotopic (exact) mass is 265 g/mol. The number of carboxylic acids is 1. The van der Waals surface area contributed by atoms with Crippen LogP contribution in [0.5, 0.6) is 0 Å². The van der Waals surface area contributed by atoms with E-state index in [2.05, 4.69) is 22.2 Å². The molecule has 1 aromatic heterocycles. The van der Waals surface area contributed by atoms with Crippen LogP contribution in [0.25, 0.3) is 0 Å². The fraction of sp³-hybridized carbons (Fsp3) is 0.643. The third-order valence-corrected chi connectivity index (χ3v) is 3.15. The summed E-state index contributed by atoms with van der Waals surface area (Å²) in [6.07, 6.45) is 4.27. The van der Waals surface area contributed by atoms with Gasteiger partial charge in [-0.3, -0.25) is 9.78 Å². The first-order valence-electron chi connectivity index (χ1n) is 6.69. The van der Waals surface area contributed by atoms with Gasteiger partial charge in [-0.1, -0.05) is 13.3 Å². The number of rotatable bonds is 7. The predicted octanol–water partition coefficient (Wildman–Crippen LogP) is 2.78. The smallest absolute Gasteiger partial charge is 0.306 e. The van der Waals surface area contributed by atoms with Crippen molar-refractivity contribution in [2.24, 2.45) is 5.92 Å². The Morgan fingerprint density at radius 2 is 2.05 bits per heavy atom. The second-order valence-corrected chi connectivity index (χ2v) is 5.16. The van der Waals surface area contributed by atoms with Crippen molar-refractivity contribution >= 4 is 11.8 Å². The highest BCUT2D eigenvalue weighted by molar-refractivity contribution is 5.69. The number of carbonyl (C=O) groups is 1. The second kappa shape index (κ2) is 7.07. The maximum Gasteiger partial charge on any atom is 0.306 e. The van der Waals surface area contributed by atoms with E-state index in [1.165, 1.54) is 0 Å². The normalized spacial score (nSPS) is 13.9.